The lowest BCUT2D eigenvalue weighted by molar-refractivity contribution is -0.370. The molecule has 67 heavy (non-hydrogen) atoms. The average molecular weight is 945 g/mol. The van der Waals surface area contributed by atoms with Crippen LogP contribution in [0.2, 0.25) is 0 Å². The summed E-state index contributed by atoms with van der Waals surface area (Å²) < 4.78 is 66.3. The van der Waals surface area contributed by atoms with Crippen molar-refractivity contribution in [1.82, 2.24) is 0 Å². The van der Waals surface area contributed by atoms with Crippen LogP contribution in [0.1, 0.15) is 119 Å². The first-order chi connectivity index (χ1) is 31.9. The van der Waals surface area contributed by atoms with Crippen molar-refractivity contribution in [2.45, 2.75) is 187 Å². The van der Waals surface area contributed by atoms with Crippen LogP contribution < -0.4 is 0 Å². The predicted molar refractivity (Wildman–Crippen MR) is 233 cm³/mol. The Morgan fingerprint density at radius 3 is 1.96 bits per heavy atom. The minimum atomic E-state index is -1.84. The van der Waals surface area contributed by atoms with Crippen molar-refractivity contribution in [3.8, 4) is 0 Å². The van der Waals surface area contributed by atoms with Crippen molar-refractivity contribution < 1.29 is 90.5 Å². The van der Waals surface area contributed by atoms with Gasteiger partial charge in [0.05, 0.1) is 18.6 Å². The molecule has 4 rings (SSSR count). The molecule has 3 heterocycles. The van der Waals surface area contributed by atoms with E-state index in [1.165, 1.54) is 26.0 Å². The molecule has 0 radical (unpaired) electrons. The first-order valence-corrected chi connectivity index (χ1v) is 22.7. The van der Waals surface area contributed by atoms with Crippen molar-refractivity contribution >= 4 is 53.6 Å². The minimum absolute atomic E-state index is 0.108. The number of benzene rings is 1. The highest BCUT2D eigenvalue weighted by Crippen LogP contribution is 2.37. The maximum atomic E-state index is 13.7. The minimum Gasteiger partial charge on any atom is -0.463 e. The summed E-state index contributed by atoms with van der Waals surface area (Å²) in [5.74, 6) is -6.39. The Balaban J connectivity index is 1.90. The zero-order valence-corrected chi connectivity index (χ0v) is 39.4. The van der Waals surface area contributed by atoms with E-state index in [0.29, 0.717) is 44.1 Å². The van der Waals surface area contributed by atoms with Gasteiger partial charge in [-0.15, -0.1) is 0 Å². The van der Waals surface area contributed by atoms with E-state index in [4.69, 9.17) is 52.1 Å². The Morgan fingerprint density at radius 2 is 1.31 bits per heavy atom. The molecule has 0 saturated carbocycles. The Labute approximate surface area is 390 Å². The number of carbonyl (C=O) groups excluding carboxylic acids is 8. The molecule has 0 amide bonds. The van der Waals surface area contributed by atoms with E-state index in [2.05, 4.69) is 0 Å². The second-order valence-electron chi connectivity index (χ2n) is 16.5. The molecule has 1 aromatic rings. The van der Waals surface area contributed by atoms with Gasteiger partial charge in [0.15, 0.2) is 61.1 Å². The summed E-state index contributed by atoms with van der Waals surface area (Å²) in [4.78, 5) is 104. The third kappa shape index (κ3) is 17.0. The molecule has 10 unspecified atom stereocenters. The summed E-state index contributed by atoms with van der Waals surface area (Å²) in [7, 11) is 0. The van der Waals surface area contributed by atoms with Gasteiger partial charge in [-0.2, -0.15) is 0 Å². The number of rotatable bonds is 11. The van der Waals surface area contributed by atoms with E-state index in [-0.39, 0.29) is 18.4 Å². The van der Waals surface area contributed by atoms with Gasteiger partial charge >= 0.3 is 41.8 Å². The number of hydrogen-bond acceptors (Lipinski definition) is 19. The molecule has 0 aliphatic carbocycles. The number of Topliss-reactive ketones (excluding diaryl/α,β-unsaturated/α-hetero) is 1. The quantitative estimate of drug-likeness (QED) is 0.159. The summed E-state index contributed by atoms with van der Waals surface area (Å²) in [5.41, 5.74) is 0.743. The van der Waals surface area contributed by atoms with Crippen molar-refractivity contribution in [3.63, 3.8) is 0 Å². The lowest BCUT2D eigenvalue weighted by Gasteiger charge is -2.48. The van der Waals surface area contributed by atoms with E-state index < -0.39 is 134 Å². The summed E-state index contributed by atoms with van der Waals surface area (Å²) in [6, 6.07) is 8.76. The van der Waals surface area contributed by atoms with Gasteiger partial charge in [0.25, 0.3) is 0 Å². The number of ether oxygens (including phenoxy) is 11. The molecular weight excluding hydrogens is 881 g/mol. The Kier molecular flexibility index (Phi) is 21.6. The first kappa shape index (κ1) is 54.1. The summed E-state index contributed by atoms with van der Waals surface area (Å²) >= 11 is 0. The van der Waals surface area contributed by atoms with Gasteiger partial charge in [-0.3, -0.25) is 28.8 Å². The number of allylic oxidation sites excluding steroid dienone is 1. The van der Waals surface area contributed by atoms with E-state index >= 15 is 0 Å². The molecule has 0 aromatic heterocycles. The molecule has 3 saturated heterocycles. The molecule has 0 spiro atoms. The lowest BCUT2D eigenvalue weighted by atomic mass is 9.96. The monoisotopic (exact) mass is 944 g/mol. The molecule has 3 fully saturated rings. The molecule has 2 bridgehead atoms. The fourth-order valence-corrected chi connectivity index (χ4v) is 7.80. The van der Waals surface area contributed by atoms with E-state index in [1.54, 1.807) is 44.2 Å². The maximum Gasteiger partial charge on any atom is 0.333 e. The molecule has 3 aliphatic heterocycles. The second kappa shape index (κ2) is 26.7. The highest BCUT2D eigenvalue weighted by Gasteiger charge is 2.57. The van der Waals surface area contributed by atoms with Gasteiger partial charge in [-0.1, -0.05) is 62.6 Å². The summed E-state index contributed by atoms with van der Waals surface area (Å²) in [6.45, 7) is 10.4. The number of fused-ring (bicyclic) bond motifs is 3. The zero-order chi connectivity index (χ0) is 49.2. The van der Waals surface area contributed by atoms with Crippen LogP contribution >= 0.6 is 0 Å². The van der Waals surface area contributed by atoms with Crippen LogP contribution in [-0.2, 0) is 90.5 Å². The predicted octanol–water partition coefficient (Wildman–Crippen LogP) is 5.11. The number of esters is 7. The maximum absolute atomic E-state index is 13.7. The summed E-state index contributed by atoms with van der Waals surface area (Å²) in [6.07, 6.45) is -10.0. The van der Waals surface area contributed by atoms with E-state index in [9.17, 15) is 38.4 Å². The lowest BCUT2D eigenvalue weighted by Crippen LogP contribution is -2.67. The van der Waals surface area contributed by atoms with E-state index in [1.807, 2.05) is 6.92 Å². The average Bonchev–Trinajstić information content (AvgIpc) is 3.27. The highest BCUT2D eigenvalue weighted by atomic mass is 16.8. The van der Waals surface area contributed by atoms with Crippen LogP contribution in [0, 0.1) is 0 Å². The summed E-state index contributed by atoms with van der Waals surface area (Å²) in [5, 5.41) is 0. The van der Waals surface area contributed by atoms with Crippen LogP contribution in [-0.4, -0.2) is 128 Å². The van der Waals surface area contributed by atoms with Gasteiger partial charge in [0, 0.05) is 45.8 Å². The Hall–Kier alpha value is -5.50. The van der Waals surface area contributed by atoms with Crippen molar-refractivity contribution in [3.05, 3.63) is 53.6 Å². The highest BCUT2D eigenvalue weighted by molar-refractivity contribution is 5.89. The Morgan fingerprint density at radius 1 is 0.672 bits per heavy atom. The molecule has 19 heteroatoms. The van der Waals surface area contributed by atoms with Gasteiger partial charge in [-0.25, -0.2) is 9.59 Å². The normalized spacial score (nSPS) is 30.4. The van der Waals surface area contributed by atoms with Crippen LogP contribution in [0.4, 0.5) is 0 Å². The first-order valence-electron chi connectivity index (χ1n) is 22.7. The molecule has 0 N–H and O–H groups in total. The molecular formula is C48H64O19. The number of ketones is 1. The van der Waals surface area contributed by atoms with Crippen LogP contribution in [0.3, 0.4) is 0 Å². The Bertz CT molecular complexity index is 1930. The molecule has 3 aliphatic rings. The largest absolute Gasteiger partial charge is 0.463 e. The van der Waals surface area contributed by atoms with Gasteiger partial charge in [-0.05, 0) is 58.1 Å². The fourth-order valence-electron chi connectivity index (χ4n) is 7.80. The number of cyclic esters (lactones) is 1. The number of carbonyl (C=O) groups is 8. The fraction of sp³-hybridized carbons (Fsp3) is 0.625. The third-order valence-corrected chi connectivity index (χ3v) is 11.1. The van der Waals surface area contributed by atoms with Crippen LogP contribution in [0.15, 0.2) is 48.1 Å². The standard InChI is InChI=1S/C48H64O19/c1-9-17-34-20-15-12-16-21-36(59-29(5)49)35(53)23-25-38(54)57-26-37-41(65-39(55)24-22-33-18-13-11-14-19-33)43(66-46(56)27(3)10-2)44(62-32(8)52)48(64-37)67-45-42(61-31(7)51)40(60-30(6)50)28(4)58-47(45)63-34/h10-11,13-14,18-19,22,24,28,34,36-37,40-45,47-48H,9,12,15-17,20-21,23,25-26H2,1-8H3/b24-22+,27-10+/t28?,34-,36-,37?,40?,41?,42?,43?,44?,45?,47?,48?/m0/s1. The van der Waals surface area contributed by atoms with Gasteiger partial charge < -0.3 is 52.1 Å². The molecule has 19 nitrogen and oxygen atoms in total. The number of hydrogen-bond donors (Lipinski definition) is 0. The zero-order valence-electron chi connectivity index (χ0n) is 39.4. The molecule has 370 valence electrons. The van der Waals surface area contributed by atoms with Gasteiger partial charge in [0.1, 0.15) is 12.7 Å². The van der Waals surface area contributed by atoms with Crippen molar-refractivity contribution in [1.29, 1.82) is 0 Å². The van der Waals surface area contributed by atoms with Crippen molar-refractivity contribution in [2.24, 2.45) is 0 Å². The van der Waals surface area contributed by atoms with E-state index in [0.717, 1.165) is 26.8 Å². The SMILES string of the molecule is C/C=C(\C)C(=O)OC1C(OC(=O)/C=C/c2ccccc2)C2COC(=O)CCC(=O)[C@@H](OC(C)=O)CCCCC[C@H](CCC)OC3OC(C)C(OC(C)=O)C(OC(C)=O)C3OC(O2)C1OC(C)=O. The smallest absolute Gasteiger partial charge is 0.333 e. The second-order valence-corrected chi connectivity index (χ2v) is 16.5. The third-order valence-electron chi connectivity index (χ3n) is 11.1. The molecule has 12 atom stereocenters. The van der Waals surface area contributed by atoms with Gasteiger partial charge in [0.2, 0.25) is 0 Å². The topological polar surface area (TPSA) is 238 Å². The van der Waals surface area contributed by atoms with Crippen molar-refractivity contribution in [2.75, 3.05) is 6.61 Å². The molecule has 1 aromatic carbocycles. The van der Waals surface area contributed by atoms with Crippen LogP contribution in [0.5, 0.6) is 0 Å². The van der Waals surface area contributed by atoms with Crippen LogP contribution in [0.25, 0.3) is 6.08 Å².